The lowest BCUT2D eigenvalue weighted by atomic mass is 10.4. The van der Waals surface area contributed by atoms with E-state index in [1.807, 2.05) is 0 Å². The number of hydrogen-bond acceptors (Lipinski definition) is 3. The van der Waals surface area contributed by atoms with Gasteiger partial charge in [-0.1, -0.05) is 0 Å². The zero-order valence-electron chi connectivity index (χ0n) is 6.11. The van der Waals surface area contributed by atoms with Gasteiger partial charge in [-0.15, -0.1) is 11.8 Å². The standard InChI is InChI=1S/C6H9NO3S/c1-7-2-4(6(9)10)11-3-5(7)8/h4H,2-3H2,1H3,(H,9,10). The number of amides is 1. The molecule has 0 radical (unpaired) electrons. The first-order chi connectivity index (χ1) is 5.11. The monoisotopic (exact) mass is 175 g/mol. The first-order valence-electron chi connectivity index (χ1n) is 3.19. The predicted octanol–water partition coefficient (Wildman–Crippen LogP) is -0.355. The minimum atomic E-state index is -0.839. The van der Waals surface area contributed by atoms with Crippen LogP contribution in [0.5, 0.6) is 0 Å². The van der Waals surface area contributed by atoms with Crippen LogP contribution in [0.2, 0.25) is 0 Å². The summed E-state index contributed by atoms with van der Waals surface area (Å²) < 4.78 is 0. The minimum absolute atomic E-state index is 0.00694. The van der Waals surface area contributed by atoms with Gasteiger partial charge in [0.05, 0.1) is 5.75 Å². The highest BCUT2D eigenvalue weighted by Crippen LogP contribution is 2.18. The normalized spacial score (nSPS) is 25.4. The molecule has 0 aromatic heterocycles. The summed E-state index contributed by atoms with van der Waals surface area (Å²) in [4.78, 5) is 22.8. The number of carbonyl (C=O) groups excluding carboxylic acids is 1. The highest BCUT2D eigenvalue weighted by molar-refractivity contribution is 8.01. The molecule has 1 aliphatic heterocycles. The zero-order valence-corrected chi connectivity index (χ0v) is 6.93. The highest BCUT2D eigenvalue weighted by Gasteiger charge is 2.28. The first kappa shape index (κ1) is 8.39. The lowest BCUT2D eigenvalue weighted by Crippen LogP contribution is -2.42. The van der Waals surface area contributed by atoms with Crippen LogP contribution in [-0.2, 0) is 9.59 Å². The van der Waals surface area contributed by atoms with Crippen molar-refractivity contribution in [2.75, 3.05) is 19.3 Å². The average molecular weight is 175 g/mol. The van der Waals surface area contributed by atoms with Gasteiger partial charge in [-0.25, -0.2) is 0 Å². The molecule has 0 aromatic rings. The largest absolute Gasteiger partial charge is 0.480 e. The Morgan fingerprint density at radius 2 is 2.45 bits per heavy atom. The Morgan fingerprint density at radius 1 is 1.82 bits per heavy atom. The Balaban J connectivity index is 2.52. The summed E-state index contributed by atoms with van der Waals surface area (Å²) in [7, 11) is 1.62. The number of carboxylic acid groups (broad SMARTS) is 1. The van der Waals surface area contributed by atoms with Crippen LogP contribution >= 0.6 is 11.8 Å². The number of hydrogen-bond donors (Lipinski definition) is 1. The number of rotatable bonds is 1. The van der Waals surface area contributed by atoms with E-state index in [0.29, 0.717) is 6.54 Å². The van der Waals surface area contributed by atoms with E-state index in [2.05, 4.69) is 0 Å². The maximum absolute atomic E-state index is 10.9. The zero-order chi connectivity index (χ0) is 8.43. The maximum atomic E-state index is 10.9. The fourth-order valence-electron chi connectivity index (χ4n) is 0.835. The van der Waals surface area contributed by atoms with E-state index in [1.165, 1.54) is 16.7 Å². The van der Waals surface area contributed by atoms with Crippen LogP contribution in [-0.4, -0.2) is 46.5 Å². The second-order valence-corrected chi connectivity index (χ2v) is 3.60. The van der Waals surface area contributed by atoms with Gasteiger partial charge in [0.1, 0.15) is 5.25 Å². The highest BCUT2D eigenvalue weighted by atomic mass is 32.2. The van der Waals surface area contributed by atoms with Gasteiger partial charge in [-0.05, 0) is 0 Å². The second kappa shape index (κ2) is 3.13. The lowest BCUT2D eigenvalue weighted by molar-refractivity contribution is -0.137. The van der Waals surface area contributed by atoms with E-state index in [1.54, 1.807) is 7.05 Å². The summed E-state index contributed by atoms with van der Waals surface area (Å²) in [6.45, 7) is 0.318. The van der Waals surface area contributed by atoms with E-state index in [-0.39, 0.29) is 11.7 Å². The molecule has 1 heterocycles. The quantitative estimate of drug-likeness (QED) is 0.591. The van der Waals surface area contributed by atoms with Crippen molar-refractivity contribution in [2.45, 2.75) is 5.25 Å². The van der Waals surface area contributed by atoms with Crippen molar-refractivity contribution in [1.82, 2.24) is 4.90 Å². The molecule has 1 amide bonds. The smallest absolute Gasteiger partial charge is 0.318 e. The van der Waals surface area contributed by atoms with E-state index in [0.717, 1.165) is 0 Å². The minimum Gasteiger partial charge on any atom is -0.480 e. The molecule has 4 nitrogen and oxygen atoms in total. The number of thioether (sulfide) groups is 1. The lowest BCUT2D eigenvalue weighted by Gasteiger charge is -2.26. The second-order valence-electron chi connectivity index (χ2n) is 2.41. The molecule has 0 aliphatic carbocycles. The molecular weight excluding hydrogens is 166 g/mol. The predicted molar refractivity (Wildman–Crippen MR) is 41.5 cm³/mol. The van der Waals surface area contributed by atoms with Crippen LogP contribution in [0.4, 0.5) is 0 Å². The molecule has 1 saturated heterocycles. The maximum Gasteiger partial charge on any atom is 0.318 e. The van der Waals surface area contributed by atoms with Crippen molar-refractivity contribution in [3.63, 3.8) is 0 Å². The van der Waals surface area contributed by atoms with E-state index < -0.39 is 11.2 Å². The fourth-order valence-corrected chi connectivity index (χ4v) is 1.87. The first-order valence-corrected chi connectivity index (χ1v) is 4.24. The van der Waals surface area contributed by atoms with Crippen molar-refractivity contribution in [3.8, 4) is 0 Å². The van der Waals surface area contributed by atoms with Crippen molar-refractivity contribution in [1.29, 1.82) is 0 Å². The average Bonchev–Trinajstić information content (AvgIpc) is 1.94. The molecule has 1 atom stereocenters. The van der Waals surface area contributed by atoms with E-state index in [4.69, 9.17) is 5.11 Å². The number of aliphatic carboxylic acids is 1. The Labute approximate surface area is 68.6 Å². The molecule has 1 fully saturated rings. The molecule has 1 aliphatic rings. The molecule has 0 saturated carbocycles. The van der Waals surface area contributed by atoms with Crippen molar-refractivity contribution in [3.05, 3.63) is 0 Å². The number of carboxylic acids is 1. The molecule has 0 aromatic carbocycles. The molecule has 11 heavy (non-hydrogen) atoms. The van der Waals surface area contributed by atoms with Gasteiger partial charge in [0, 0.05) is 13.6 Å². The van der Waals surface area contributed by atoms with Crippen LogP contribution < -0.4 is 0 Å². The molecule has 1 N–H and O–H groups in total. The third kappa shape index (κ3) is 1.86. The summed E-state index contributed by atoms with van der Waals surface area (Å²) >= 11 is 1.19. The van der Waals surface area contributed by atoms with E-state index in [9.17, 15) is 9.59 Å². The summed E-state index contributed by atoms with van der Waals surface area (Å²) in [6.07, 6.45) is 0. The van der Waals surface area contributed by atoms with Gasteiger partial charge < -0.3 is 10.0 Å². The number of carbonyl (C=O) groups is 2. The van der Waals surface area contributed by atoms with Gasteiger partial charge in [0.2, 0.25) is 5.91 Å². The van der Waals surface area contributed by atoms with Crippen LogP contribution in [0.1, 0.15) is 0 Å². The Bertz CT molecular complexity index is 194. The Morgan fingerprint density at radius 3 is 2.91 bits per heavy atom. The summed E-state index contributed by atoms with van der Waals surface area (Å²) in [5.74, 6) is -0.546. The Kier molecular flexibility index (Phi) is 2.38. The van der Waals surface area contributed by atoms with E-state index >= 15 is 0 Å². The molecule has 1 unspecified atom stereocenters. The molecular formula is C6H9NO3S. The fraction of sp³-hybridized carbons (Fsp3) is 0.667. The van der Waals surface area contributed by atoms with Gasteiger partial charge in [-0.2, -0.15) is 0 Å². The van der Waals surface area contributed by atoms with Crippen LogP contribution in [0.15, 0.2) is 0 Å². The van der Waals surface area contributed by atoms with Crippen LogP contribution in [0.25, 0.3) is 0 Å². The summed E-state index contributed by atoms with van der Waals surface area (Å²) in [5.41, 5.74) is 0. The summed E-state index contributed by atoms with van der Waals surface area (Å²) in [5, 5.41) is 8.14. The Hall–Kier alpha value is -0.710. The molecule has 62 valence electrons. The van der Waals surface area contributed by atoms with Crippen molar-refractivity contribution in [2.24, 2.45) is 0 Å². The van der Waals surface area contributed by atoms with Crippen molar-refractivity contribution < 1.29 is 14.7 Å². The summed E-state index contributed by atoms with van der Waals surface area (Å²) in [6, 6.07) is 0. The van der Waals surface area contributed by atoms with Gasteiger partial charge in [-0.3, -0.25) is 9.59 Å². The molecule has 5 heteroatoms. The van der Waals surface area contributed by atoms with Gasteiger partial charge in [0.15, 0.2) is 0 Å². The van der Waals surface area contributed by atoms with Crippen LogP contribution in [0, 0.1) is 0 Å². The van der Waals surface area contributed by atoms with Crippen molar-refractivity contribution >= 4 is 23.6 Å². The third-order valence-corrected chi connectivity index (χ3v) is 2.72. The SMILES string of the molecule is CN1CC(C(=O)O)SCC1=O. The third-order valence-electron chi connectivity index (χ3n) is 1.55. The molecule has 1 rings (SSSR count). The molecule has 0 bridgehead atoms. The van der Waals surface area contributed by atoms with Crippen LogP contribution in [0.3, 0.4) is 0 Å². The number of nitrogens with zero attached hydrogens (tertiary/aromatic N) is 1. The van der Waals surface area contributed by atoms with Gasteiger partial charge >= 0.3 is 5.97 Å². The van der Waals surface area contributed by atoms with Gasteiger partial charge in [0.25, 0.3) is 0 Å². The molecule has 0 spiro atoms. The topological polar surface area (TPSA) is 57.6 Å².